The Morgan fingerprint density at radius 1 is 1.38 bits per heavy atom. The molecule has 0 saturated carbocycles. The van der Waals surface area contributed by atoms with Gasteiger partial charge in [-0.05, 0) is 26.1 Å². The average Bonchev–Trinajstić information content (AvgIpc) is 2.43. The van der Waals surface area contributed by atoms with Crippen molar-refractivity contribution in [1.29, 1.82) is 0 Å². The summed E-state index contributed by atoms with van der Waals surface area (Å²) >= 11 is 11.5. The lowest BCUT2D eigenvalue weighted by molar-refractivity contribution is 0.159. The maximum Gasteiger partial charge on any atom is 0.246 e. The third-order valence-electron chi connectivity index (χ3n) is 3.76. The van der Waals surface area contributed by atoms with Crippen molar-refractivity contribution in [2.45, 2.75) is 23.7 Å². The number of rotatable bonds is 3. The molecule has 8 heteroatoms. The van der Waals surface area contributed by atoms with E-state index in [4.69, 9.17) is 23.2 Å². The van der Waals surface area contributed by atoms with E-state index in [1.165, 1.54) is 10.4 Å². The largest absolute Gasteiger partial charge is 0.301 e. The summed E-state index contributed by atoms with van der Waals surface area (Å²) in [4.78, 5) is 1.66. The molecule has 1 heterocycles. The smallest absolute Gasteiger partial charge is 0.246 e. The van der Waals surface area contributed by atoms with Crippen molar-refractivity contribution in [3.8, 4) is 0 Å². The van der Waals surface area contributed by atoms with Gasteiger partial charge < -0.3 is 4.90 Å². The van der Waals surface area contributed by atoms with Gasteiger partial charge in [0.2, 0.25) is 10.0 Å². The highest BCUT2D eigenvalue weighted by atomic mass is 35.5. The van der Waals surface area contributed by atoms with Crippen LogP contribution in [-0.4, -0.2) is 50.3 Å². The Morgan fingerprint density at radius 2 is 2.05 bits per heavy atom. The molecule has 1 aliphatic rings. The summed E-state index contributed by atoms with van der Waals surface area (Å²) in [5, 5.41) is 0.160. The van der Waals surface area contributed by atoms with Gasteiger partial charge in [0.15, 0.2) is 0 Å². The number of alkyl halides is 1. The zero-order chi connectivity index (χ0) is 15.8. The SMILES string of the molecule is CC1CN(S(=O)(=O)c2cc(Cl)cc(CCl)c2F)CCN1C. The lowest BCUT2D eigenvalue weighted by atomic mass is 10.2. The number of likely N-dealkylation sites (N-methyl/N-ethyl adjacent to an activating group) is 1. The second-order valence-electron chi connectivity index (χ2n) is 5.20. The van der Waals surface area contributed by atoms with Gasteiger partial charge in [-0.25, -0.2) is 12.8 Å². The Balaban J connectivity index is 2.43. The van der Waals surface area contributed by atoms with Gasteiger partial charge in [-0.1, -0.05) is 11.6 Å². The molecule has 1 saturated heterocycles. The van der Waals surface area contributed by atoms with Crippen molar-refractivity contribution in [3.05, 3.63) is 28.5 Å². The quantitative estimate of drug-likeness (QED) is 0.783. The van der Waals surface area contributed by atoms with Gasteiger partial charge in [-0.2, -0.15) is 4.31 Å². The first-order valence-corrected chi connectivity index (χ1v) is 8.87. The number of benzene rings is 1. The lowest BCUT2D eigenvalue weighted by Gasteiger charge is -2.36. The van der Waals surface area contributed by atoms with Crippen LogP contribution in [-0.2, 0) is 15.9 Å². The molecule has 0 radical (unpaired) electrons. The molecule has 0 spiro atoms. The van der Waals surface area contributed by atoms with E-state index in [1.54, 1.807) is 0 Å². The number of hydrogen-bond acceptors (Lipinski definition) is 3. The highest BCUT2D eigenvalue weighted by Gasteiger charge is 2.33. The second kappa shape index (κ2) is 6.38. The molecule has 0 amide bonds. The normalized spacial score (nSPS) is 21.7. The summed E-state index contributed by atoms with van der Waals surface area (Å²) in [5.41, 5.74) is 0.0879. The fraction of sp³-hybridized carbons (Fsp3) is 0.538. The minimum absolute atomic E-state index is 0.0725. The summed E-state index contributed by atoms with van der Waals surface area (Å²) in [7, 11) is -1.98. The summed E-state index contributed by atoms with van der Waals surface area (Å²) in [6.07, 6.45) is 0. The Kier molecular flexibility index (Phi) is 5.15. The highest BCUT2D eigenvalue weighted by molar-refractivity contribution is 7.89. The molecule has 0 aromatic heterocycles. The Morgan fingerprint density at radius 3 is 2.62 bits per heavy atom. The maximum atomic E-state index is 14.3. The van der Waals surface area contributed by atoms with Crippen molar-refractivity contribution >= 4 is 33.2 Å². The predicted octanol–water partition coefficient (Wildman–Crippen LogP) is 2.54. The maximum absolute atomic E-state index is 14.3. The van der Waals surface area contributed by atoms with Crippen LogP contribution in [0.15, 0.2) is 17.0 Å². The van der Waals surface area contributed by atoms with E-state index in [9.17, 15) is 12.8 Å². The minimum atomic E-state index is -3.92. The van der Waals surface area contributed by atoms with E-state index >= 15 is 0 Å². The van der Waals surface area contributed by atoms with Crippen molar-refractivity contribution < 1.29 is 12.8 Å². The molecular weight excluding hydrogens is 338 g/mol. The lowest BCUT2D eigenvalue weighted by Crippen LogP contribution is -2.52. The first-order chi connectivity index (χ1) is 9.77. The zero-order valence-corrected chi connectivity index (χ0v) is 14.1. The van der Waals surface area contributed by atoms with Crippen LogP contribution in [0.25, 0.3) is 0 Å². The van der Waals surface area contributed by atoms with Crippen LogP contribution in [0, 0.1) is 5.82 Å². The van der Waals surface area contributed by atoms with Crippen LogP contribution in [0.3, 0.4) is 0 Å². The van der Waals surface area contributed by atoms with Gasteiger partial charge in [0.1, 0.15) is 10.7 Å². The van der Waals surface area contributed by atoms with Gasteiger partial charge in [0.25, 0.3) is 0 Å². The van der Waals surface area contributed by atoms with E-state index in [0.717, 1.165) is 6.07 Å². The van der Waals surface area contributed by atoms with Gasteiger partial charge in [-0.15, -0.1) is 11.6 Å². The molecule has 0 aliphatic carbocycles. The molecule has 2 rings (SSSR count). The topological polar surface area (TPSA) is 40.6 Å². The van der Waals surface area contributed by atoms with Crippen molar-refractivity contribution in [2.75, 3.05) is 26.7 Å². The fourth-order valence-corrected chi connectivity index (χ4v) is 4.42. The number of nitrogens with zero attached hydrogens (tertiary/aromatic N) is 2. The first-order valence-electron chi connectivity index (χ1n) is 6.51. The molecule has 1 fully saturated rings. The minimum Gasteiger partial charge on any atom is -0.301 e. The van der Waals surface area contributed by atoms with Crippen LogP contribution >= 0.6 is 23.2 Å². The van der Waals surface area contributed by atoms with Crippen LogP contribution in [0.2, 0.25) is 5.02 Å². The van der Waals surface area contributed by atoms with Crippen LogP contribution < -0.4 is 0 Å². The third-order valence-corrected chi connectivity index (χ3v) is 6.13. The number of piperazine rings is 1. The van der Waals surface area contributed by atoms with E-state index in [-0.39, 0.29) is 22.5 Å². The summed E-state index contributed by atoms with van der Waals surface area (Å²) < 4.78 is 40.9. The second-order valence-corrected chi connectivity index (χ2v) is 7.81. The van der Waals surface area contributed by atoms with Crippen molar-refractivity contribution in [2.24, 2.45) is 0 Å². The Labute approximate surface area is 134 Å². The molecule has 0 N–H and O–H groups in total. The zero-order valence-electron chi connectivity index (χ0n) is 11.8. The van der Waals surface area contributed by atoms with Gasteiger partial charge >= 0.3 is 0 Å². The first kappa shape index (κ1) is 17.0. The van der Waals surface area contributed by atoms with Crippen LogP contribution in [0.4, 0.5) is 4.39 Å². The van der Waals surface area contributed by atoms with Crippen LogP contribution in [0.1, 0.15) is 12.5 Å². The molecule has 4 nitrogen and oxygen atoms in total. The number of hydrogen-bond donors (Lipinski definition) is 0. The molecular formula is C13H17Cl2FN2O2S. The van der Waals surface area contributed by atoms with Gasteiger partial charge in [0, 0.05) is 36.3 Å². The molecule has 1 aliphatic heterocycles. The summed E-state index contributed by atoms with van der Waals surface area (Å²) in [6, 6.07) is 2.56. The fourth-order valence-electron chi connectivity index (χ4n) is 2.28. The Hall–Kier alpha value is -0.400. The van der Waals surface area contributed by atoms with Crippen molar-refractivity contribution in [3.63, 3.8) is 0 Å². The molecule has 0 bridgehead atoms. The van der Waals surface area contributed by atoms with E-state index in [2.05, 4.69) is 4.90 Å². The monoisotopic (exact) mass is 354 g/mol. The Bertz CT molecular complexity index is 639. The van der Waals surface area contributed by atoms with Gasteiger partial charge in [-0.3, -0.25) is 0 Å². The van der Waals surface area contributed by atoms with Crippen molar-refractivity contribution in [1.82, 2.24) is 9.21 Å². The molecule has 1 atom stereocenters. The molecule has 21 heavy (non-hydrogen) atoms. The summed E-state index contributed by atoms with van der Waals surface area (Å²) in [6.45, 7) is 3.18. The predicted molar refractivity (Wildman–Crippen MR) is 81.8 cm³/mol. The average molecular weight is 355 g/mol. The molecule has 1 aromatic rings. The van der Waals surface area contributed by atoms with E-state index in [1.807, 2.05) is 14.0 Å². The molecule has 1 unspecified atom stereocenters. The standard InChI is InChI=1S/C13H17Cl2FN2O2S/c1-9-8-18(4-3-17(9)2)21(19,20)12-6-11(15)5-10(7-14)13(12)16/h5-6,9H,3-4,7-8H2,1-2H3. The van der Waals surface area contributed by atoms with E-state index in [0.29, 0.717) is 19.6 Å². The number of halogens is 3. The van der Waals surface area contributed by atoms with E-state index < -0.39 is 20.7 Å². The number of sulfonamides is 1. The summed E-state index contributed by atoms with van der Waals surface area (Å²) in [5.74, 6) is -0.949. The molecule has 118 valence electrons. The van der Waals surface area contributed by atoms with Crippen LogP contribution in [0.5, 0.6) is 0 Å². The molecule has 1 aromatic carbocycles. The van der Waals surface area contributed by atoms with Gasteiger partial charge in [0.05, 0.1) is 5.88 Å². The highest BCUT2D eigenvalue weighted by Crippen LogP contribution is 2.28. The third kappa shape index (κ3) is 3.35.